The molecule has 0 aliphatic rings. The first-order valence-corrected chi connectivity index (χ1v) is 6.24. The van der Waals surface area contributed by atoms with E-state index in [-0.39, 0.29) is 6.61 Å². The second-order valence-corrected chi connectivity index (χ2v) is 4.87. The zero-order valence-corrected chi connectivity index (χ0v) is 11.0. The van der Waals surface area contributed by atoms with Crippen LogP contribution in [0.4, 0.5) is 10.1 Å². The highest BCUT2D eigenvalue weighted by molar-refractivity contribution is 9.10. The van der Waals surface area contributed by atoms with Gasteiger partial charge in [0.05, 0.1) is 6.61 Å². The average Bonchev–Trinajstić information content (AvgIpc) is 2.23. The number of ether oxygens (including phenoxy) is 1. The molecule has 0 saturated carbocycles. The lowest BCUT2D eigenvalue weighted by atomic mass is 10.3. The van der Waals surface area contributed by atoms with Crippen LogP contribution in [0.1, 0.15) is 6.92 Å². The SMILES string of the molecule is CCOC(=O)C(F)Sc1cc(Br)ccc1N. The molecule has 1 aromatic rings. The molecule has 0 saturated heterocycles. The van der Waals surface area contributed by atoms with Crippen molar-refractivity contribution >= 4 is 39.3 Å². The third kappa shape index (κ3) is 3.68. The minimum Gasteiger partial charge on any atom is -0.463 e. The van der Waals surface area contributed by atoms with Crippen LogP contribution in [0, 0.1) is 0 Å². The van der Waals surface area contributed by atoms with Gasteiger partial charge in [-0.2, -0.15) is 0 Å². The summed E-state index contributed by atoms with van der Waals surface area (Å²) in [5.74, 6) is -0.883. The van der Waals surface area contributed by atoms with Gasteiger partial charge in [0.15, 0.2) is 0 Å². The molecule has 0 fully saturated rings. The van der Waals surface area contributed by atoms with Crippen LogP contribution in [0.25, 0.3) is 0 Å². The Morgan fingerprint density at radius 1 is 1.69 bits per heavy atom. The van der Waals surface area contributed by atoms with E-state index in [1.807, 2.05) is 0 Å². The third-order valence-corrected chi connectivity index (χ3v) is 3.18. The Bertz CT molecular complexity index is 389. The van der Waals surface area contributed by atoms with E-state index >= 15 is 0 Å². The lowest BCUT2D eigenvalue weighted by Gasteiger charge is -2.09. The number of esters is 1. The second kappa shape index (κ2) is 6.10. The molecule has 3 nitrogen and oxygen atoms in total. The molecular formula is C10H11BrFNO2S. The first-order chi connectivity index (χ1) is 7.54. The van der Waals surface area contributed by atoms with Gasteiger partial charge < -0.3 is 10.5 Å². The predicted octanol–water partition coefficient (Wildman–Crippen LogP) is 2.98. The van der Waals surface area contributed by atoms with Gasteiger partial charge in [0, 0.05) is 15.1 Å². The van der Waals surface area contributed by atoms with E-state index in [1.165, 1.54) is 0 Å². The van der Waals surface area contributed by atoms with Crippen LogP contribution in [-0.2, 0) is 9.53 Å². The number of hydrogen-bond donors (Lipinski definition) is 1. The summed E-state index contributed by atoms with van der Waals surface area (Å²) in [6, 6.07) is 5.05. The summed E-state index contributed by atoms with van der Waals surface area (Å²) in [5, 5.41) is 0. The van der Waals surface area contributed by atoms with Gasteiger partial charge in [-0.15, -0.1) is 0 Å². The second-order valence-electron chi connectivity index (χ2n) is 2.87. The number of halogens is 2. The lowest BCUT2D eigenvalue weighted by molar-refractivity contribution is -0.145. The van der Waals surface area contributed by atoms with Gasteiger partial charge in [-0.05, 0) is 25.1 Å². The fourth-order valence-corrected chi connectivity index (χ4v) is 2.28. The van der Waals surface area contributed by atoms with Gasteiger partial charge in [0.2, 0.25) is 5.50 Å². The van der Waals surface area contributed by atoms with Crippen LogP contribution in [0.5, 0.6) is 0 Å². The largest absolute Gasteiger partial charge is 0.463 e. The Kier molecular flexibility index (Phi) is 5.08. The topological polar surface area (TPSA) is 52.3 Å². The molecule has 0 aliphatic heterocycles. The molecule has 1 aromatic carbocycles. The Labute approximate surface area is 106 Å². The van der Waals surface area contributed by atoms with Gasteiger partial charge in [0.1, 0.15) is 0 Å². The highest BCUT2D eigenvalue weighted by atomic mass is 79.9. The van der Waals surface area contributed by atoms with Crippen LogP contribution >= 0.6 is 27.7 Å². The summed E-state index contributed by atoms with van der Waals surface area (Å²) in [5.41, 5.74) is 4.33. The molecule has 0 heterocycles. The zero-order chi connectivity index (χ0) is 12.1. The van der Waals surface area contributed by atoms with Crippen molar-refractivity contribution in [1.82, 2.24) is 0 Å². The number of nitrogen functional groups attached to an aromatic ring is 1. The quantitative estimate of drug-likeness (QED) is 0.528. The molecule has 1 rings (SSSR count). The number of thioether (sulfide) groups is 1. The number of benzene rings is 1. The van der Waals surface area contributed by atoms with Crippen LogP contribution in [0.3, 0.4) is 0 Å². The summed E-state index contributed by atoms with van der Waals surface area (Å²) in [6.07, 6.45) is 0. The standard InChI is InChI=1S/C10H11BrFNO2S/c1-2-15-10(14)9(12)16-8-5-6(11)3-4-7(8)13/h3-5,9H,2,13H2,1H3. The first kappa shape index (κ1) is 13.3. The molecule has 2 N–H and O–H groups in total. The maximum Gasteiger partial charge on any atom is 0.351 e. The molecule has 0 aliphatic carbocycles. The lowest BCUT2D eigenvalue weighted by Crippen LogP contribution is -2.15. The highest BCUT2D eigenvalue weighted by Crippen LogP contribution is 2.32. The molecule has 0 spiro atoms. The van der Waals surface area contributed by atoms with Gasteiger partial charge in [-0.3, -0.25) is 0 Å². The maximum atomic E-state index is 13.4. The monoisotopic (exact) mass is 307 g/mol. The number of hydrogen-bond acceptors (Lipinski definition) is 4. The van der Waals surface area contributed by atoms with E-state index < -0.39 is 11.5 Å². The van der Waals surface area contributed by atoms with Crippen LogP contribution in [0.15, 0.2) is 27.6 Å². The molecule has 6 heteroatoms. The fourth-order valence-electron chi connectivity index (χ4n) is 0.978. The van der Waals surface area contributed by atoms with Crippen molar-refractivity contribution in [3.05, 3.63) is 22.7 Å². The minimum atomic E-state index is -1.75. The molecule has 0 radical (unpaired) electrons. The summed E-state index contributed by atoms with van der Waals surface area (Å²) >= 11 is 3.98. The molecule has 1 atom stereocenters. The Morgan fingerprint density at radius 3 is 3.00 bits per heavy atom. The third-order valence-electron chi connectivity index (χ3n) is 1.68. The number of rotatable bonds is 4. The summed E-state index contributed by atoms with van der Waals surface area (Å²) in [6.45, 7) is 1.79. The van der Waals surface area contributed by atoms with Crippen LogP contribution in [0.2, 0.25) is 0 Å². The molecular weight excluding hydrogens is 297 g/mol. The molecule has 1 unspecified atom stereocenters. The number of nitrogens with two attached hydrogens (primary N) is 1. The van der Waals surface area contributed by atoms with Crippen molar-refractivity contribution in [3.63, 3.8) is 0 Å². The molecule has 0 amide bonds. The van der Waals surface area contributed by atoms with Crippen LogP contribution in [-0.4, -0.2) is 18.1 Å². The van der Waals surface area contributed by atoms with E-state index in [9.17, 15) is 9.18 Å². The maximum absolute atomic E-state index is 13.4. The van der Waals surface area contributed by atoms with E-state index in [1.54, 1.807) is 25.1 Å². The van der Waals surface area contributed by atoms with E-state index in [0.717, 1.165) is 16.2 Å². The summed E-state index contributed by atoms with van der Waals surface area (Å²) in [4.78, 5) is 11.6. The van der Waals surface area contributed by atoms with Crippen LogP contribution < -0.4 is 5.73 Å². The van der Waals surface area contributed by atoms with Gasteiger partial charge >= 0.3 is 5.97 Å². The number of anilines is 1. The van der Waals surface area contributed by atoms with E-state index in [0.29, 0.717) is 10.6 Å². The minimum absolute atomic E-state index is 0.160. The summed E-state index contributed by atoms with van der Waals surface area (Å²) < 4.78 is 18.7. The Morgan fingerprint density at radius 2 is 2.38 bits per heavy atom. The van der Waals surface area contributed by atoms with E-state index in [2.05, 4.69) is 20.7 Å². The molecule has 88 valence electrons. The van der Waals surface area contributed by atoms with Gasteiger partial charge in [-0.25, -0.2) is 9.18 Å². The zero-order valence-electron chi connectivity index (χ0n) is 8.57. The van der Waals surface area contributed by atoms with Gasteiger partial charge in [-0.1, -0.05) is 27.7 Å². The fraction of sp³-hybridized carbons (Fsp3) is 0.300. The number of carbonyl (C=O) groups excluding carboxylic acids is 1. The van der Waals surface area contributed by atoms with Crippen molar-refractivity contribution < 1.29 is 13.9 Å². The normalized spacial score (nSPS) is 12.2. The molecule has 16 heavy (non-hydrogen) atoms. The Balaban J connectivity index is 2.72. The smallest absolute Gasteiger partial charge is 0.351 e. The highest BCUT2D eigenvalue weighted by Gasteiger charge is 2.21. The van der Waals surface area contributed by atoms with Gasteiger partial charge in [0.25, 0.3) is 0 Å². The average molecular weight is 308 g/mol. The first-order valence-electron chi connectivity index (χ1n) is 4.57. The molecule has 0 bridgehead atoms. The van der Waals surface area contributed by atoms with Crippen molar-refractivity contribution in [2.45, 2.75) is 17.3 Å². The number of alkyl halides is 1. The predicted molar refractivity (Wildman–Crippen MR) is 65.9 cm³/mol. The molecule has 0 aromatic heterocycles. The number of carbonyl (C=O) groups is 1. The Hall–Kier alpha value is -0.750. The summed E-state index contributed by atoms with van der Waals surface area (Å²) in [7, 11) is 0. The van der Waals surface area contributed by atoms with Crippen molar-refractivity contribution in [2.75, 3.05) is 12.3 Å². The van der Waals surface area contributed by atoms with E-state index in [4.69, 9.17) is 5.73 Å². The van der Waals surface area contributed by atoms with Crippen molar-refractivity contribution in [1.29, 1.82) is 0 Å². The van der Waals surface area contributed by atoms with Crippen molar-refractivity contribution in [2.24, 2.45) is 0 Å². The van der Waals surface area contributed by atoms with Crippen molar-refractivity contribution in [3.8, 4) is 0 Å².